The van der Waals surface area contributed by atoms with E-state index < -0.39 is 6.04 Å². The summed E-state index contributed by atoms with van der Waals surface area (Å²) in [5, 5.41) is 3.48. The van der Waals surface area contributed by atoms with Gasteiger partial charge in [0.15, 0.2) is 17.3 Å². The molecule has 166 valence electrons. The van der Waals surface area contributed by atoms with E-state index in [9.17, 15) is 9.59 Å². The van der Waals surface area contributed by atoms with Crippen LogP contribution in [0.4, 0.5) is 0 Å². The minimum absolute atomic E-state index is 0.257. The van der Waals surface area contributed by atoms with Crippen LogP contribution in [-0.2, 0) is 0 Å². The summed E-state index contributed by atoms with van der Waals surface area (Å²) in [4.78, 5) is 26.1. The number of benzene rings is 3. The van der Waals surface area contributed by atoms with Gasteiger partial charge in [0.1, 0.15) is 0 Å². The molecule has 7 heteroatoms. The van der Waals surface area contributed by atoms with Crippen LogP contribution in [0.15, 0.2) is 60.7 Å². The van der Waals surface area contributed by atoms with Crippen LogP contribution < -0.4 is 19.5 Å². The minimum atomic E-state index is -0.394. The van der Waals surface area contributed by atoms with Gasteiger partial charge in [-0.05, 0) is 55.0 Å². The van der Waals surface area contributed by atoms with Gasteiger partial charge in [0.25, 0.3) is 5.91 Å². The average molecular weight is 454 g/mol. The molecule has 0 aliphatic rings. The first-order valence-corrected chi connectivity index (χ1v) is 10.3. The van der Waals surface area contributed by atoms with E-state index in [-0.39, 0.29) is 17.3 Å². The number of nitrogens with one attached hydrogen (secondary N) is 1. The quantitative estimate of drug-likeness (QED) is 0.481. The number of carbonyl (C=O) groups excluding carboxylic acids is 2. The zero-order valence-corrected chi connectivity index (χ0v) is 19.0. The zero-order valence-electron chi connectivity index (χ0n) is 18.3. The van der Waals surface area contributed by atoms with Crippen LogP contribution in [0.2, 0.25) is 5.02 Å². The first-order valence-electron chi connectivity index (χ1n) is 9.89. The van der Waals surface area contributed by atoms with Gasteiger partial charge < -0.3 is 19.5 Å². The van der Waals surface area contributed by atoms with Crippen LogP contribution in [0.25, 0.3) is 0 Å². The van der Waals surface area contributed by atoms with Crippen molar-refractivity contribution >= 4 is 23.3 Å². The van der Waals surface area contributed by atoms with Crippen LogP contribution >= 0.6 is 11.6 Å². The summed E-state index contributed by atoms with van der Waals surface area (Å²) in [6.07, 6.45) is 0. The van der Waals surface area contributed by atoms with Crippen LogP contribution in [0.1, 0.15) is 44.8 Å². The van der Waals surface area contributed by atoms with Crippen molar-refractivity contribution in [3.05, 3.63) is 87.9 Å². The van der Waals surface area contributed by atoms with Crippen molar-refractivity contribution in [2.45, 2.75) is 13.0 Å². The lowest BCUT2D eigenvalue weighted by Crippen LogP contribution is -2.28. The second-order valence-corrected chi connectivity index (χ2v) is 7.47. The molecule has 0 radical (unpaired) electrons. The minimum Gasteiger partial charge on any atom is -0.493 e. The van der Waals surface area contributed by atoms with Gasteiger partial charge >= 0.3 is 0 Å². The highest BCUT2D eigenvalue weighted by atomic mass is 35.5. The summed E-state index contributed by atoms with van der Waals surface area (Å²) in [5.74, 6) is 0.815. The SMILES string of the molecule is COc1cc(C(C)NC(=O)c2ccccc2C(=O)c2ccc(Cl)cc2)cc(OC)c1OC. The molecule has 6 nitrogen and oxygen atoms in total. The van der Waals surface area contributed by atoms with Crippen LogP contribution in [0, 0.1) is 0 Å². The fourth-order valence-electron chi connectivity index (χ4n) is 3.34. The average Bonchev–Trinajstić information content (AvgIpc) is 2.82. The summed E-state index contributed by atoms with van der Waals surface area (Å²) in [7, 11) is 4.59. The molecule has 0 saturated carbocycles. The van der Waals surface area contributed by atoms with Crippen molar-refractivity contribution in [3.8, 4) is 17.2 Å². The van der Waals surface area contributed by atoms with E-state index in [0.29, 0.717) is 33.4 Å². The number of methoxy groups -OCH3 is 3. The van der Waals surface area contributed by atoms with Gasteiger partial charge in [0.05, 0.1) is 32.9 Å². The third-order valence-electron chi connectivity index (χ3n) is 5.06. The zero-order chi connectivity index (χ0) is 23.3. The third kappa shape index (κ3) is 4.86. The van der Waals surface area contributed by atoms with E-state index in [2.05, 4.69) is 5.32 Å². The Labute approximate surface area is 192 Å². The number of amides is 1. The lowest BCUT2D eigenvalue weighted by molar-refractivity contribution is 0.0929. The lowest BCUT2D eigenvalue weighted by atomic mass is 9.97. The van der Waals surface area contributed by atoms with Crippen molar-refractivity contribution in [2.75, 3.05) is 21.3 Å². The highest BCUT2D eigenvalue weighted by Crippen LogP contribution is 2.39. The highest BCUT2D eigenvalue weighted by molar-refractivity contribution is 6.30. The number of halogens is 1. The summed E-state index contributed by atoms with van der Waals surface area (Å²) in [5.41, 5.74) is 1.80. The second-order valence-electron chi connectivity index (χ2n) is 7.04. The molecule has 0 aromatic heterocycles. The summed E-state index contributed by atoms with van der Waals surface area (Å²) in [6, 6.07) is 16.4. The van der Waals surface area contributed by atoms with Crippen molar-refractivity contribution < 1.29 is 23.8 Å². The molecule has 0 spiro atoms. The highest BCUT2D eigenvalue weighted by Gasteiger charge is 2.21. The second kappa shape index (κ2) is 10.2. The van der Waals surface area contributed by atoms with Crippen molar-refractivity contribution in [3.63, 3.8) is 0 Å². The Kier molecular flexibility index (Phi) is 7.38. The number of hydrogen-bond donors (Lipinski definition) is 1. The van der Waals surface area contributed by atoms with E-state index in [0.717, 1.165) is 5.56 Å². The number of ketones is 1. The molecular formula is C25H24ClNO5. The molecular weight excluding hydrogens is 430 g/mol. The number of hydrogen-bond acceptors (Lipinski definition) is 5. The van der Waals surface area contributed by atoms with E-state index in [1.807, 2.05) is 6.92 Å². The molecule has 3 aromatic rings. The van der Waals surface area contributed by atoms with Gasteiger partial charge in [-0.2, -0.15) is 0 Å². The van der Waals surface area contributed by atoms with Crippen LogP contribution in [0.5, 0.6) is 17.2 Å². The van der Waals surface area contributed by atoms with Crippen molar-refractivity contribution in [1.82, 2.24) is 5.32 Å². The Morgan fingerprint density at radius 3 is 1.94 bits per heavy atom. The monoisotopic (exact) mass is 453 g/mol. The van der Waals surface area contributed by atoms with Gasteiger partial charge in [-0.15, -0.1) is 0 Å². The Morgan fingerprint density at radius 2 is 1.41 bits per heavy atom. The van der Waals surface area contributed by atoms with E-state index in [4.69, 9.17) is 25.8 Å². The molecule has 0 aliphatic heterocycles. The van der Waals surface area contributed by atoms with Gasteiger partial charge in [-0.25, -0.2) is 0 Å². The number of ether oxygens (including phenoxy) is 3. The Hall–Kier alpha value is -3.51. The molecule has 3 rings (SSSR count). The standard InChI is InChI=1S/C25H24ClNO5/c1-15(17-13-21(30-2)24(32-4)22(14-17)31-3)27-25(29)20-8-6-5-7-19(20)23(28)16-9-11-18(26)12-10-16/h5-15H,1-4H3,(H,27,29). The fourth-order valence-corrected chi connectivity index (χ4v) is 3.47. The molecule has 0 aliphatic carbocycles. The summed E-state index contributed by atoms with van der Waals surface area (Å²) in [6.45, 7) is 1.84. The van der Waals surface area contributed by atoms with Crippen LogP contribution in [-0.4, -0.2) is 33.0 Å². The van der Waals surface area contributed by atoms with E-state index >= 15 is 0 Å². The largest absolute Gasteiger partial charge is 0.493 e. The van der Waals surface area contributed by atoms with Crippen molar-refractivity contribution in [1.29, 1.82) is 0 Å². The van der Waals surface area contributed by atoms with Crippen molar-refractivity contribution in [2.24, 2.45) is 0 Å². The molecule has 0 bridgehead atoms. The van der Waals surface area contributed by atoms with Gasteiger partial charge in [0.2, 0.25) is 5.75 Å². The molecule has 0 saturated heterocycles. The lowest BCUT2D eigenvalue weighted by Gasteiger charge is -2.19. The molecule has 0 fully saturated rings. The maximum atomic E-state index is 13.1. The third-order valence-corrected chi connectivity index (χ3v) is 5.31. The van der Waals surface area contributed by atoms with Crippen LogP contribution in [0.3, 0.4) is 0 Å². The first kappa shape index (κ1) is 23.2. The maximum absolute atomic E-state index is 13.1. The molecule has 3 aromatic carbocycles. The molecule has 32 heavy (non-hydrogen) atoms. The summed E-state index contributed by atoms with van der Waals surface area (Å²) < 4.78 is 16.1. The topological polar surface area (TPSA) is 73.9 Å². The maximum Gasteiger partial charge on any atom is 0.252 e. The Balaban J connectivity index is 1.88. The first-order chi connectivity index (χ1) is 15.4. The van der Waals surface area contributed by atoms with Gasteiger partial charge in [-0.3, -0.25) is 9.59 Å². The molecule has 0 heterocycles. The summed E-state index contributed by atoms with van der Waals surface area (Å²) >= 11 is 5.92. The Bertz CT molecular complexity index is 1100. The van der Waals surface area contributed by atoms with E-state index in [1.54, 1.807) is 60.7 Å². The molecule has 1 unspecified atom stereocenters. The molecule has 1 N–H and O–H groups in total. The van der Waals surface area contributed by atoms with E-state index in [1.165, 1.54) is 21.3 Å². The smallest absolute Gasteiger partial charge is 0.252 e. The fraction of sp³-hybridized carbons (Fsp3) is 0.200. The van der Waals surface area contributed by atoms with Gasteiger partial charge in [-0.1, -0.05) is 29.8 Å². The van der Waals surface area contributed by atoms with Gasteiger partial charge in [0, 0.05) is 16.1 Å². The normalized spacial score (nSPS) is 11.4. The molecule has 1 atom stereocenters. The predicted octanol–water partition coefficient (Wildman–Crippen LogP) is 5.09. The number of rotatable bonds is 8. The Morgan fingerprint density at radius 1 is 0.844 bits per heavy atom. The number of carbonyl (C=O) groups is 2. The molecule has 1 amide bonds. The predicted molar refractivity (Wildman–Crippen MR) is 123 cm³/mol.